The van der Waals surface area contributed by atoms with Crippen LogP contribution in [0.1, 0.15) is 24.8 Å². The molecule has 0 bridgehead atoms. The van der Waals surface area contributed by atoms with Crippen molar-refractivity contribution in [2.45, 2.75) is 25.8 Å². The van der Waals surface area contributed by atoms with Crippen molar-refractivity contribution in [3.63, 3.8) is 0 Å². The standard InChI is InChI=1S/C18H28N2O4/c1-20(9-6-14-7-10-24-11-8-14)18(21)19-13-15-4-5-16(22-2)17(12-15)23-3/h4-5,12,14H,6-11,13H2,1-3H3,(H,19,21). The van der Waals surface area contributed by atoms with Gasteiger partial charge in [-0.15, -0.1) is 0 Å². The van der Waals surface area contributed by atoms with Crippen LogP contribution in [0, 0.1) is 5.92 Å². The topological polar surface area (TPSA) is 60.0 Å². The monoisotopic (exact) mass is 336 g/mol. The second-order valence-corrected chi connectivity index (χ2v) is 6.11. The highest BCUT2D eigenvalue weighted by molar-refractivity contribution is 5.73. The zero-order valence-corrected chi connectivity index (χ0v) is 14.8. The number of hydrogen-bond acceptors (Lipinski definition) is 4. The van der Waals surface area contributed by atoms with Gasteiger partial charge in [-0.25, -0.2) is 4.79 Å². The minimum absolute atomic E-state index is 0.0585. The number of hydrogen-bond donors (Lipinski definition) is 1. The van der Waals surface area contributed by atoms with Crippen molar-refractivity contribution < 1.29 is 19.0 Å². The van der Waals surface area contributed by atoms with Gasteiger partial charge < -0.3 is 24.4 Å². The second kappa shape index (κ2) is 9.37. The fourth-order valence-corrected chi connectivity index (χ4v) is 2.82. The van der Waals surface area contributed by atoms with Crippen molar-refractivity contribution in [3.05, 3.63) is 23.8 Å². The number of amides is 2. The van der Waals surface area contributed by atoms with E-state index < -0.39 is 0 Å². The highest BCUT2D eigenvalue weighted by atomic mass is 16.5. The van der Waals surface area contributed by atoms with E-state index >= 15 is 0 Å². The van der Waals surface area contributed by atoms with Crippen molar-refractivity contribution in [1.82, 2.24) is 10.2 Å². The summed E-state index contributed by atoms with van der Waals surface area (Å²) < 4.78 is 15.9. The predicted octanol–water partition coefficient (Wildman–Crippen LogP) is 2.66. The number of methoxy groups -OCH3 is 2. The third-order valence-electron chi connectivity index (χ3n) is 4.45. The maximum Gasteiger partial charge on any atom is 0.317 e. The van der Waals surface area contributed by atoms with Gasteiger partial charge in [0.15, 0.2) is 11.5 Å². The van der Waals surface area contributed by atoms with Crippen LogP contribution in [0.25, 0.3) is 0 Å². The lowest BCUT2D eigenvalue weighted by Crippen LogP contribution is -2.38. The second-order valence-electron chi connectivity index (χ2n) is 6.11. The van der Waals surface area contributed by atoms with E-state index in [2.05, 4.69) is 5.32 Å². The molecular formula is C18H28N2O4. The number of rotatable bonds is 7. The van der Waals surface area contributed by atoms with Gasteiger partial charge in [-0.1, -0.05) is 6.07 Å². The number of urea groups is 1. The van der Waals surface area contributed by atoms with E-state index in [9.17, 15) is 4.79 Å². The molecular weight excluding hydrogens is 308 g/mol. The normalized spacial score (nSPS) is 15.0. The number of nitrogens with zero attached hydrogens (tertiary/aromatic N) is 1. The summed E-state index contributed by atoms with van der Waals surface area (Å²) in [7, 11) is 5.04. The first-order valence-electron chi connectivity index (χ1n) is 8.41. The Balaban J connectivity index is 1.77. The number of benzene rings is 1. The summed E-state index contributed by atoms with van der Waals surface area (Å²) in [5.74, 6) is 2.01. The van der Waals surface area contributed by atoms with Crippen LogP contribution in [0.5, 0.6) is 11.5 Å². The summed E-state index contributed by atoms with van der Waals surface area (Å²) in [6.45, 7) is 2.92. The van der Waals surface area contributed by atoms with Crippen LogP contribution >= 0.6 is 0 Å². The molecule has 1 aliphatic rings. The van der Waals surface area contributed by atoms with Crippen LogP contribution in [0.4, 0.5) is 4.79 Å². The molecule has 0 aromatic heterocycles. The van der Waals surface area contributed by atoms with Crippen molar-refractivity contribution in [2.24, 2.45) is 5.92 Å². The molecule has 6 heteroatoms. The Morgan fingerprint density at radius 2 is 1.96 bits per heavy atom. The third kappa shape index (κ3) is 5.30. The van der Waals surface area contributed by atoms with Gasteiger partial charge in [0, 0.05) is 33.4 Å². The Labute approximate surface area is 144 Å². The molecule has 0 spiro atoms. The van der Waals surface area contributed by atoms with Gasteiger partial charge in [-0.3, -0.25) is 0 Å². The quantitative estimate of drug-likeness (QED) is 0.832. The van der Waals surface area contributed by atoms with E-state index in [1.165, 1.54) is 0 Å². The molecule has 134 valence electrons. The summed E-state index contributed by atoms with van der Waals surface area (Å²) in [5, 5.41) is 2.94. The molecule has 0 atom stereocenters. The smallest absolute Gasteiger partial charge is 0.317 e. The Morgan fingerprint density at radius 3 is 2.62 bits per heavy atom. The van der Waals surface area contributed by atoms with Gasteiger partial charge >= 0.3 is 6.03 Å². The molecule has 1 aromatic rings. The van der Waals surface area contributed by atoms with Gasteiger partial charge in [0.1, 0.15) is 0 Å². The van der Waals surface area contributed by atoms with Crippen molar-refractivity contribution >= 4 is 6.03 Å². The first-order valence-corrected chi connectivity index (χ1v) is 8.41. The molecule has 0 aliphatic carbocycles. The van der Waals surface area contributed by atoms with Crippen LogP contribution in [0.15, 0.2) is 18.2 Å². The van der Waals surface area contributed by atoms with Gasteiger partial charge in [-0.05, 0) is 42.9 Å². The Kier molecular flexibility index (Phi) is 7.18. The maximum absolute atomic E-state index is 12.2. The molecule has 1 saturated heterocycles. The Bertz CT molecular complexity index is 530. The van der Waals surface area contributed by atoms with Gasteiger partial charge in [-0.2, -0.15) is 0 Å². The summed E-state index contributed by atoms with van der Waals surface area (Å²) in [5.41, 5.74) is 0.971. The van der Waals surface area contributed by atoms with Crippen LogP contribution in [-0.2, 0) is 11.3 Å². The van der Waals surface area contributed by atoms with Crippen LogP contribution in [0.3, 0.4) is 0 Å². The van der Waals surface area contributed by atoms with E-state index in [1.807, 2.05) is 25.2 Å². The van der Waals surface area contributed by atoms with E-state index in [1.54, 1.807) is 19.1 Å². The first-order chi connectivity index (χ1) is 11.6. The van der Waals surface area contributed by atoms with Gasteiger partial charge in [0.25, 0.3) is 0 Å². The van der Waals surface area contributed by atoms with Gasteiger partial charge in [0.2, 0.25) is 0 Å². The van der Waals surface area contributed by atoms with E-state index in [4.69, 9.17) is 14.2 Å². The lowest BCUT2D eigenvalue weighted by molar-refractivity contribution is 0.0619. The number of carbonyl (C=O) groups excluding carboxylic acids is 1. The van der Waals surface area contributed by atoms with Crippen molar-refractivity contribution in [2.75, 3.05) is 41.0 Å². The van der Waals surface area contributed by atoms with Crippen LogP contribution < -0.4 is 14.8 Å². The Hall–Kier alpha value is -1.95. The van der Waals surface area contributed by atoms with Crippen LogP contribution in [-0.4, -0.2) is 52.0 Å². The minimum Gasteiger partial charge on any atom is -0.493 e. The molecule has 1 N–H and O–H groups in total. The summed E-state index contributed by atoms with van der Waals surface area (Å²) in [4.78, 5) is 13.9. The molecule has 2 amide bonds. The molecule has 0 saturated carbocycles. The highest BCUT2D eigenvalue weighted by Gasteiger charge is 2.16. The molecule has 1 heterocycles. The summed E-state index contributed by atoms with van der Waals surface area (Å²) >= 11 is 0. The van der Waals surface area contributed by atoms with Crippen molar-refractivity contribution in [1.29, 1.82) is 0 Å². The highest BCUT2D eigenvalue weighted by Crippen LogP contribution is 2.27. The first kappa shape index (κ1) is 18.4. The average Bonchev–Trinajstić information content (AvgIpc) is 2.64. The lowest BCUT2D eigenvalue weighted by atomic mass is 9.96. The zero-order chi connectivity index (χ0) is 17.4. The SMILES string of the molecule is COc1ccc(CNC(=O)N(C)CCC2CCOCC2)cc1OC. The maximum atomic E-state index is 12.2. The van der Waals surface area contributed by atoms with E-state index in [-0.39, 0.29) is 6.03 Å². The fraction of sp³-hybridized carbons (Fsp3) is 0.611. The number of nitrogens with one attached hydrogen (secondary N) is 1. The molecule has 2 rings (SSSR count). The van der Waals surface area contributed by atoms with Crippen LogP contribution in [0.2, 0.25) is 0 Å². The minimum atomic E-state index is -0.0585. The third-order valence-corrected chi connectivity index (χ3v) is 4.45. The number of carbonyl (C=O) groups is 1. The molecule has 0 radical (unpaired) electrons. The lowest BCUT2D eigenvalue weighted by Gasteiger charge is -2.25. The average molecular weight is 336 g/mol. The van der Waals surface area contributed by atoms with E-state index in [0.717, 1.165) is 44.6 Å². The molecule has 1 aromatic carbocycles. The molecule has 1 aliphatic heterocycles. The molecule has 24 heavy (non-hydrogen) atoms. The zero-order valence-electron chi connectivity index (χ0n) is 14.8. The molecule has 6 nitrogen and oxygen atoms in total. The molecule has 1 fully saturated rings. The Morgan fingerprint density at radius 1 is 1.25 bits per heavy atom. The van der Waals surface area contributed by atoms with Gasteiger partial charge in [0.05, 0.1) is 14.2 Å². The van der Waals surface area contributed by atoms with Crippen molar-refractivity contribution in [3.8, 4) is 11.5 Å². The largest absolute Gasteiger partial charge is 0.493 e. The molecule has 0 unspecified atom stereocenters. The fourth-order valence-electron chi connectivity index (χ4n) is 2.82. The van der Waals surface area contributed by atoms with E-state index in [0.29, 0.717) is 24.0 Å². The number of ether oxygens (including phenoxy) is 3. The summed E-state index contributed by atoms with van der Waals surface area (Å²) in [6, 6.07) is 5.58. The predicted molar refractivity (Wildman–Crippen MR) is 92.6 cm³/mol. The summed E-state index contributed by atoms with van der Waals surface area (Å²) in [6.07, 6.45) is 3.23.